The number of benzene rings is 4. The first-order valence-electron chi connectivity index (χ1n) is 16.3. The maximum Gasteiger partial charge on any atom is 0.271 e. The van der Waals surface area contributed by atoms with Gasteiger partial charge < -0.3 is 5.11 Å². The van der Waals surface area contributed by atoms with Crippen molar-refractivity contribution in [2.45, 2.75) is 24.2 Å². The molecule has 50 heavy (non-hydrogen) atoms. The number of allylic oxidation sites excluding steroid dienone is 4. The number of carbonyl (C=O) groups is 4. The van der Waals surface area contributed by atoms with Crippen LogP contribution >= 0.6 is 11.6 Å². The van der Waals surface area contributed by atoms with E-state index >= 15 is 4.79 Å². The van der Waals surface area contributed by atoms with Gasteiger partial charge in [0.15, 0.2) is 11.6 Å². The van der Waals surface area contributed by atoms with Crippen molar-refractivity contribution in [2.24, 2.45) is 23.7 Å². The number of ketones is 2. The van der Waals surface area contributed by atoms with Crippen LogP contribution in [-0.2, 0) is 24.6 Å². The number of aromatic hydroxyl groups is 1. The fourth-order valence-electron chi connectivity index (χ4n) is 8.97. The topological polar surface area (TPSA) is 135 Å². The van der Waals surface area contributed by atoms with Crippen molar-refractivity contribution >= 4 is 51.9 Å². The van der Waals surface area contributed by atoms with Crippen LogP contribution in [0.2, 0.25) is 5.02 Å². The molecule has 1 aliphatic heterocycles. The van der Waals surface area contributed by atoms with Gasteiger partial charge in [-0.3, -0.25) is 29.3 Å². The van der Waals surface area contributed by atoms with Crippen LogP contribution in [-0.4, -0.2) is 33.4 Å². The van der Waals surface area contributed by atoms with Crippen molar-refractivity contribution < 1.29 is 29.2 Å². The molecule has 0 radical (unpaired) electrons. The molecule has 4 aromatic rings. The van der Waals surface area contributed by atoms with Gasteiger partial charge in [0.2, 0.25) is 11.8 Å². The molecule has 6 unspecified atom stereocenters. The lowest BCUT2D eigenvalue weighted by molar-refractivity contribution is -0.384. The van der Waals surface area contributed by atoms with Crippen LogP contribution in [0.15, 0.2) is 121 Å². The second-order valence-electron chi connectivity index (χ2n) is 13.3. The highest BCUT2D eigenvalue weighted by Gasteiger charge is 2.66. The molecule has 0 aromatic heterocycles. The monoisotopic (exact) mass is 684 g/mol. The van der Waals surface area contributed by atoms with Gasteiger partial charge in [0.1, 0.15) is 5.75 Å². The predicted molar refractivity (Wildman–Crippen MR) is 185 cm³/mol. The van der Waals surface area contributed by atoms with Gasteiger partial charge in [-0.2, -0.15) is 0 Å². The van der Waals surface area contributed by atoms with Gasteiger partial charge in [0.25, 0.3) is 5.69 Å². The molecule has 10 heteroatoms. The largest absolute Gasteiger partial charge is 0.508 e. The van der Waals surface area contributed by atoms with Gasteiger partial charge in [-0.25, -0.2) is 4.90 Å². The maximum atomic E-state index is 15.1. The first kappa shape index (κ1) is 31.6. The minimum Gasteiger partial charge on any atom is -0.508 e. The van der Waals surface area contributed by atoms with E-state index in [1.165, 1.54) is 42.5 Å². The number of anilines is 1. The first-order valence-corrected chi connectivity index (χ1v) is 16.7. The molecule has 1 saturated carbocycles. The number of rotatable bonds is 5. The lowest BCUT2D eigenvalue weighted by Gasteiger charge is -2.55. The summed E-state index contributed by atoms with van der Waals surface area (Å²) in [5.41, 5.74) is 1.11. The number of phenolic OH excluding ortho intramolecular Hbond substituents is 1. The third kappa shape index (κ3) is 4.53. The van der Waals surface area contributed by atoms with E-state index in [9.17, 15) is 29.6 Å². The Hall–Kier alpha value is -5.67. The van der Waals surface area contributed by atoms with Crippen LogP contribution in [0, 0.1) is 33.8 Å². The molecule has 2 fully saturated rings. The summed E-state index contributed by atoms with van der Waals surface area (Å²) >= 11 is 6.91. The summed E-state index contributed by atoms with van der Waals surface area (Å²) in [6, 6.07) is 28.1. The summed E-state index contributed by atoms with van der Waals surface area (Å²) in [6.07, 6.45) is 3.63. The van der Waals surface area contributed by atoms with Gasteiger partial charge in [0, 0.05) is 34.6 Å². The standard InChI is InChI=1S/C40H29ClN2O7/c41-33-19-26(44)14-15-28(33)36-27-16-17-29-35(39(48)42(38(29)47)24-12-7-13-25(18-24)43(49)50)31(27)20-32-37(46)30(22-8-3-1-4-9-22)21-34(45)40(32,36)23-10-5-2-6-11-23/h1-16,18-19,21,29,31-32,35-36,44H,17,20H2. The number of nitrogens with zero attached hydrogens (tertiary/aromatic N) is 2. The van der Waals surface area contributed by atoms with Gasteiger partial charge >= 0.3 is 0 Å². The second kappa shape index (κ2) is 11.7. The van der Waals surface area contributed by atoms with Crippen LogP contribution in [0.25, 0.3) is 5.57 Å². The zero-order chi connectivity index (χ0) is 34.9. The molecule has 4 aromatic carbocycles. The summed E-state index contributed by atoms with van der Waals surface area (Å²) in [7, 11) is 0. The molecule has 1 N–H and O–H groups in total. The highest BCUT2D eigenvalue weighted by molar-refractivity contribution is 6.33. The van der Waals surface area contributed by atoms with Crippen molar-refractivity contribution in [1.82, 2.24) is 0 Å². The smallest absolute Gasteiger partial charge is 0.271 e. The lowest BCUT2D eigenvalue weighted by atomic mass is 9.44. The molecule has 8 rings (SSSR count). The summed E-state index contributed by atoms with van der Waals surface area (Å²) in [5, 5.41) is 22.1. The quantitative estimate of drug-likeness (QED) is 0.104. The van der Waals surface area contributed by atoms with E-state index < -0.39 is 51.7 Å². The number of nitro groups is 1. The Morgan fingerprint density at radius 2 is 1.56 bits per heavy atom. The molecule has 1 saturated heterocycles. The molecule has 2 amide bonds. The lowest BCUT2D eigenvalue weighted by Crippen LogP contribution is -2.58. The number of hydrogen-bond donors (Lipinski definition) is 1. The number of nitro benzene ring substituents is 1. The van der Waals surface area contributed by atoms with Crippen LogP contribution in [0.1, 0.15) is 35.4 Å². The normalized spacial score (nSPS) is 27.2. The maximum absolute atomic E-state index is 15.1. The molecular formula is C40H29ClN2O7. The number of amides is 2. The number of halogens is 1. The second-order valence-corrected chi connectivity index (χ2v) is 13.7. The van der Waals surface area contributed by atoms with Crippen LogP contribution in [0.4, 0.5) is 11.4 Å². The molecule has 9 nitrogen and oxygen atoms in total. The minimum absolute atomic E-state index is 0.0735. The summed E-state index contributed by atoms with van der Waals surface area (Å²) in [4.78, 5) is 70.5. The van der Waals surface area contributed by atoms with Gasteiger partial charge in [-0.05, 0) is 59.7 Å². The van der Waals surface area contributed by atoms with Crippen molar-refractivity contribution in [1.29, 1.82) is 0 Å². The van der Waals surface area contributed by atoms with E-state index in [1.54, 1.807) is 30.3 Å². The molecule has 0 spiro atoms. The molecular weight excluding hydrogens is 656 g/mol. The van der Waals surface area contributed by atoms with E-state index in [0.29, 0.717) is 16.7 Å². The van der Waals surface area contributed by atoms with Crippen molar-refractivity contribution in [3.8, 4) is 5.75 Å². The number of non-ortho nitro benzene ring substituents is 1. The van der Waals surface area contributed by atoms with Gasteiger partial charge in [-0.1, -0.05) is 96.0 Å². The van der Waals surface area contributed by atoms with E-state index in [0.717, 1.165) is 10.5 Å². The van der Waals surface area contributed by atoms with Crippen LogP contribution in [0.3, 0.4) is 0 Å². The Kier molecular flexibility index (Phi) is 7.42. The zero-order valence-corrected chi connectivity index (χ0v) is 27.2. The Balaban J connectivity index is 1.35. The fourth-order valence-corrected chi connectivity index (χ4v) is 9.25. The number of carbonyl (C=O) groups excluding carboxylic acids is 4. The predicted octanol–water partition coefficient (Wildman–Crippen LogP) is 6.98. The highest BCUT2D eigenvalue weighted by atomic mass is 35.5. The molecule has 0 bridgehead atoms. The number of Topliss-reactive ketones (excluding diaryl/α,β-unsaturated/α-hetero) is 1. The Morgan fingerprint density at radius 1 is 0.840 bits per heavy atom. The Bertz CT molecular complexity index is 2200. The summed E-state index contributed by atoms with van der Waals surface area (Å²) < 4.78 is 0. The van der Waals surface area contributed by atoms with E-state index in [2.05, 4.69) is 0 Å². The Labute approximate surface area is 291 Å². The highest BCUT2D eigenvalue weighted by Crippen LogP contribution is 2.64. The summed E-state index contributed by atoms with van der Waals surface area (Å²) in [6.45, 7) is 0. The molecule has 4 aliphatic rings. The first-order chi connectivity index (χ1) is 24.1. The van der Waals surface area contributed by atoms with E-state index in [1.807, 2.05) is 42.5 Å². The summed E-state index contributed by atoms with van der Waals surface area (Å²) in [5.74, 6) is -5.67. The minimum atomic E-state index is -1.46. The van der Waals surface area contributed by atoms with Gasteiger partial charge in [0.05, 0.1) is 27.9 Å². The van der Waals surface area contributed by atoms with Gasteiger partial charge in [-0.15, -0.1) is 0 Å². The molecule has 1 heterocycles. The van der Waals surface area contributed by atoms with Crippen LogP contribution < -0.4 is 4.90 Å². The van der Waals surface area contributed by atoms with Crippen LogP contribution in [0.5, 0.6) is 5.75 Å². The Morgan fingerprint density at radius 3 is 2.26 bits per heavy atom. The molecule has 3 aliphatic carbocycles. The number of phenols is 1. The van der Waals surface area contributed by atoms with Crippen molar-refractivity contribution in [3.63, 3.8) is 0 Å². The van der Waals surface area contributed by atoms with E-state index in [-0.39, 0.29) is 52.1 Å². The average Bonchev–Trinajstić information content (AvgIpc) is 3.38. The fraction of sp³-hybridized carbons (Fsp3) is 0.200. The van der Waals surface area contributed by atoms with Crippen molar-refractivity contribution in [2.75, 3.05) is 4.90 Å². The number of imide groups is 1. The number of hydrogen-bond acceptors (Lipinski definition) is 7. The average molecular weight is 685 g/mol. The third-order valence-corrected chi connectivity index (χ3v) is 11.3. The molecule has 248 valence electrons. The molecule has 6 atom stereocenters. The third-order valence-electron chi connectivity index (χ3n) is 11.0. The number of fused-ring (bicyclic) bond motifs is 4. The van der Waals surface area contributed by atoms with E-state index in [4.69, 9.17) is 11.6 Å². The van der Waals surface area contributed by atoms with Crippen molar-refractivity contribution in [3.05, 3.63) is 153 Å². The SMILES string of the molecule is O=C1C(c2ccccc2)=CC(=O)C2(c3ccccc3)C1CC1C(=CCC3C(=O)N(c4cccc([N+](=O)[O-])c4)C(=O)C31)C2c1ccc(O)cc1Cl. The zero-order valence-electron chi connectivity index (χ0n) is 26.4.